The van der Waals surface area contributed by atoms with Crippen molar-refractivity contribution >= 4 is 5.91 Å². The van der Waals surface area contributed by atoms with Crippen molar-refractivity contribution in [1.82, 2.24) is 15.1 Å². The molecule has 0 aromatic heterocycles. The second-order valence-electron chi connectivity index (χ2n) is 8.75. The standard InChI is InChI=1S/C20H37N3O/c1-15(2)17-4-6-19(7-5-17)22-10-12-23(13-11-22)20(24)18-8-9-21-16(3)14-18/h15-19,21H,4-14H2,1-3H3/t16-,17?,18-,19?/m0/s1. The van der Waals surface area contributed by atoms with Crippen LogP contribution in [0.25, 0.3) is 0 Å². The molecule has 4 nitrogen and oxygen atoms in total. The van der Waals surface area contributed by atoms with Crippen LogP contribution in [0.15, 0.2) is 0 Å². The first-order valence-corrected chi connectivity index (χ1v) is 10.3. The van der Waals surface area contributed by atoms with Gasteiger partial charge in [0.05, 0.1) is 0 Å². The molecule has 0 spiro atoms. The Balaban J connectivity index is 1.43. The summed E-state index contributed by atoms with van der Waals surface area (Å²) in [6.45, 7) is 12.0. The second kappa shape index (κ2) is 8.18. The average molecular weight is 336 g/mol. The summed E-state index contributed by atoms with van der Waals surface area (Å²) in [7, 11) is 0. The molecular formula is C20H37N3O. The van der Waals surface area contributed by atoms with Crippen LogP contribution in [0.1, 0.15) is 59.3 Å². The molecule has 1 N–H and O–H groups in total. The van der Waals surface area contributed by atoms with E-state index < -0.39 is 0 Å². The first-order valence-electron chi connectivity index (χ1n) is 10.3. The van der Waals surface area contributed by atoms with E-state index in [9.17, 15) is 4.79 Å². The highest BCUT2D eigenvalue weighted by Gasteiger charge is 2.33. The van der Waals surface area contributed by atoms with E-state index in [1.54, 1.807) is 0 Å². The van der Waals surface area contributed by atoms with E-state index in [0.717, 1.165) is 63.4 Å². The highest BCUT2D eigenvalue weighted by atomic mass is 16.2. The van der Waals surface area contributed by atoms with Gasteiger partial charge in [-0.1, -0.05) is 13.8 Å². The Morgan fingerprint density at radius 1 is 1.00 bits per heavy atom. The number of rotatable bonds is 3. The fourth-order valence-electron chi connectivity index (χ4n) is 5.06. The number of nitrogens with one attached hydrogen (secondary N) is 1. The molecule has 3 rings (SSSR count). The molecule has 0 radical (unpaired) electrons. The zero-order valence-electron chi connectivity index (χ0n) is 16.0. The van der Waals surface area contributed by atoms with Crippen LogP contribution in [0.5, 0.6) is 0 Å². The van der Waals surface area contributed by atoms with Crippen molar-refractivity contribution in [3.05, 3.63) is 0 Å². The minimum atomic E-state index is 0.259. The van der Waals surface area contributed by atoms with Crippen molar-refractivity contribution in [2.24, 2.45) is 17.8 Å². The fraction of sp³-hybridized carbons (Fsp3) is 0.950. The predicted octanol–water partition coefficient (Wildman–Crippen LogP) is 2.73. The van der Waals surface area contributed by atoms with E-state index in [2.05, 4.69) is 35.9 Å². The molecule has 0 aromatic carbocycles. The van der Waals surface area contributed by atoms with Gasteiger partial charge in [0.2, 0.25) is 5.91 Å². The number of piperazine rings is 1. The Labute approximate surface area is 148 Å². The van der Waals surface area contributed by atoms with Gasteiger partial charge >= 0.3 is 0 Å². The van der Waals surface area contributed by atoms with Gasteiger partial charge in [0.1, 0.15) is 0 Å². The van der Waals surface area contributed by atoms with E-state index in [0.29, 0.717) is 11.9 Å². The summed E-state index contributed by atoms with van der Waals surface area (Å²) >= 11 is 0. The van der Waals surface area contributed by atoms with Gasteiger partial charge < -0.3 is 10.2 Å². The van der Waals surface area contributed by atoms with Crippen molar-refractivity contribution in [2.45, 2.75) is 71.4 Å². The molecule has 4 heteroatoms. The molecule has 1 amide bonds. The molecule has 0 bridgehead atoms. The van der Waals surface area contributed by atoms with E-state index in [-0.39, 0.29) is 5.92 Å². The number of carbonyl (C=O) groups is 1. The molecule has 0 aromatic rings. The van der Waals surface area contributed by atoms with E-state index in [4.69, 9.17) is 0 Å². The minimum Gasteiger partial charge on any atom is -0.340 e. The molecule has 3 fully saturated rings. The van der Waals surface area contributed by atoms with Crippen LogP contribution in [0, 0.1) is 17.8 Å². The lowest BCUT2D eigenvalue weighted by Crippen LogP contribution is -2.54. The maximum Gasteiger partial charge on any atom is 0.225 e. The molecule has 1 aliphatic carbocycles. The van der Waals surface area contributed by atoms with Gasteiger partial charge in [0.15, 0.2) is 0 Å². The molecule has 2 atom stereocenters. The summed E-state index contributed by atoms with van der Waals surface area (Å²) in [5.74, 6) is 2.46. The zero-order chi connectivity index (χ0) is 17.1. The van der Waals surface area contributed by atoms with Crippen LogP contribution >= 0.6 is 0 Å². The summed E-state index contributed by atoms with van der Waals surface area (Å²) in [5, 5.41) is 3.45. The number of hydrogen-bond acceptors (Lipinski definition) is 3. The van der Waals surface area contributed by atoms with Crippen LogP contribution < -0.4 is 5.32 Å². The Bertz CT molecular complexity index is 409. The maximum atomic E-state index is 12.8. The van der Waals surface area contributed by atoms with Gasteiger partial charge in [-0.25, -0.2) is 0 Å². The lowest BCUT2D eigenvalue weighted by molar-refractivity contribution is -0.139. The molecule has 0 unspecified atom stereocenters. The first kappa shape index (κ1) is 18.2. The molecule has 2 saturated heterocycles. The predicted molar refractivity (Wildman–Crippen MR) is 98.9 cm³/mol. The Morgan fingerprint density at radius 2 is 1.67 bits per heavy atom. The second-order valence-corrected chi connectivity index (χ2v) is 8.75. The van der Waals surface area contributed by atoms with Crippen molar-refractivity contribution < 1.29 is 4.79 Å². The Kier molecular flexibility index (Phi) is 6.20. The summed E-state index contributed by atoms with van der Waals surface area (Å²) in [5.41, 5.74) is 0. The average Bonchev–Trinajstić information content (AvgIpc) is 2.61. The summed E-state index contributed by atoms with van der Waals surface area (Å²) < 4.78 is 0. The highest BCUT2D eigenvalue weighted by molar-refractivity contribution is 5.79. The quantitative estimate of drug-likeness (QED) is 0.861. The van der Waals surface area contributed by atoms with Gasteiger partial charge in [-0.15, -0.1) is 0 Å². The van der Waals surface area contributed by atoms with Crippen LogP contribution in [-0.2, 0) is 4.79 Å². The van der Waals surface area contributed by atoms with Crippen molar-refractivity contribution in [1.29, 1.82) is 0 Å². The number of carbonyl (C=O) groups excluding carboxylic acids is 1. The summed E-state index contributed by atoms with van der Waals surface area (Å²) in [6.07, 6.45) is 7.55. The van der Waals surface area contributed by atoms with Crippen molar-refractivity contribution in [3.8, 4) is 0 Å². The highest BCUT2D eigenvalue weighted by Crippen LogP contribution is 2.32. The summed E-state index contributed by atoms with van der Waals surface area (Å²) in [4.78, 5) is 17.6. The monoisotopic (exact) mass is 335 g/mol. The molecule has 138 valence electrons. The Hall–Kier alpha value is -0.610. The van der Waals surface area contributed by atoms with Gasteiger partial charge in [0.25, 0.3) is 0 Å². The van der Waals surface area contributed by atoms with Gasteiger partial charge in [0, 0.05) is 44.2 Å². The first-order chi connectivity index (χ1) is 11.5. The van der Waals surface area contributed by atoms with Gasteiger partial charge in [-0.05, 0) is 63.8 Å². The fourth-order valence-corrected chi connectivity index (χ4v) is 5.06. The third-order valence-electron chi connectivity index (χ3n) is 6.80. The number of nitrogens with zero attached hydrogens (tertiary/aromatic N) is 2. The normalized spacial score (nSPS) is 36.1. The molecule has 3 aliphatic rings. The lowest BCUT2D eigenvalue weighted by Gasteiger charge is -2.43. The van der Waals surface area contributed by atoms with E-state index in [1.165, 1.54) is 25.7 Å². The molecule has 2 aliphatic heterocycles. The van der Waals surface area contributed by atoms with Crippen molar-refractivity contribution in [2.75, 3.05) is 32.7 Å². The number of amides is 1. The molecule has 2 heterocycles. The number of hydrogen-bond donors (Lipinski definition) is 1. The van der Waals surface area contributed by atoms with Crippen LogP contribution in [0.2, 0.25) is 0 Å². The van der Waals surface area contributed by atoms with Crippen molar-refractivity contribution in [3.63, 3.8) is 0 Å². The smallest absolute Gasteiger partial charge is 0.225 e. The summed E-state index contributed by atoms with van der Waals surface area (Å²) in [6, 6.07) is 1.27. The molecule has 1 saturated carbocycles. The third kappa shape index (κ3) is 4.32. The maximum absolute atomic E-state index is 12.8. The van der Waals surface area contributed by atoms with Crippen LogP contribution in [-0.4, -0.2) is 60.5 Å². The minimum absolute atomic E-state index is 0.259. The molecule has 24 heavy (non-hydrogen) atoms. The van der Waals surface area contributed by atoms with Crippen LogP contribution in [0.4, 0.5) is 0 Å². The van der Waals surface area contributed by atoms with E-state index in [1.807, 2.05) is 0 Å². The topological polar surface area (TPSA) is 35.6 Å². The Morgan fingerprint density at radius 3 is 2.25 bits per heavy atom. The lowest BCUT2D eigenvalue weighted by atomic mass is 9.79. The number of piperidine rings is 1. The SMILES string of the molecule is CC(C)C1CCC(N2CCN(C(=O)[C@H]3CCN[C@@H](C)C3)CC2)CC1. The van der Waals surface area contributed by atoms with Crippen LogP contribution in [0.3, 0.4) is 0 Å². The van der Waals surface area contributed by atoms with Gasteiger partial charge in [-0.3, -0.25) is 9.69 Å². The van der Waals surface area contributed by atoms with E-state index >= 15 is 0 Å². The van der Waals surface area contributed by atoms with Gasteiger partial charge in [-0.2, -0.15) is 0 Å². The molecular weight excluding hydrogens is 298 g/mol. The largest absolute Gasteiger partial charge is 0.340 e. The third-order valence-corrected chi connectivity index (χ3v) is 6.80. The zero-order valence-corrected chi connectivity index (χ0v) is 16.0.